The summed E-state index contributed by atoms with van der Waals surface area (Å²) in [4.78, 5) is 24.3. The Kier molecular flexibility index (Phi) is 3.80. The van der Waals surface area contributed by atoms with Crippen LogP contribution in [0.3, 0.4) is 0 Å². The van der Waals surface area contributed by atoms with Gasteiger partial charge in [0.1, 0.15) is 0 Å². The SMILES string of the molecule is Cc1cc(C(=O)N(C)C2CCNC2)ccc1[N+](=O)[O-]. The zero-order valence-electron chi connectivity index (χ0n) is 11.0. The molecule has 0 aliphatic carbocycles. The highest BCUT2D eigenvalue weighted by Gasteiger charge is 2.24. The van der Waals surface area contributed by atoms with Gasteiger partial charge in [0.15, 0.2) is 0 Å². The summed E-state index contributed by atoms with van der Waals surface area (Å²) in [6.45, 7) is 3.36. The third kappa shape index (κ3) is 2.73. The minimum Gasteiger partial charge on any atom is -0.337 e. The van der Waals surface area contributed by atoms with Crippen LogP contribution in [0.1, 0.15) is 22.3 Å². The summed E-state index contributed by atoms with van der Waals surface area (Å²) >= 11 is 0. The molecule has 1 unspecified atom stereocenters. The maximum atomic E-state index is 12.3. The third-order valence-electron chi connectivity index (χ3n) is 3.54. The van der Waals surface area contributed by atoms with Crippen molar-refractivity contribution in [3.8, 4) is 0 Å². The first-order valence-electron chi connectivity index (χ1n) is 6.23. The fraction of sp³-hybridized carbons (Fsp3) is 0.462. The van der Waals surface area contributed by atoms with Gasteiger partial charge in [0.25, 0.3) is 11.6 Å². The van der Waals surface area contributed by atoms with Crippen molar-refractivity contribution in [1.82, 2.24) is 10.2 Å². The molecule has 1 saturated heterocycles. The molecule has 1 amide bonds. The Hall–Kier alpha value is -1.95. The lowest BCUT2D eigenvalue weighted by molar-refractivity contribution is -0.385. The average molecular weight is 263 g/mol. The molecule has 6 heteroatoms. The van der Waals surface area contributed by atoms with Crippen molar-refractivity contribution in [2.45, 2.75) is 19.4 Å². The molecule has 0 aromatic heterocycles. The normalized spacial score (nSPS) is 18.3. The number of carbonyl (C=O) groups excluding carboxylic acids is 1. The van der Waals surface area contributed by atoms with E-state index < -0.39 is 4.92 Å². The summed E-state index contributed by atoms with van der Waals surface area (Å²) < 4.78 is 0. The van der Waals surface area contributed by atoms with E-state index in [1.807, 2.05) is 0 Å². The molecule has 2 rings (SSSR count). The van der Waals surface area contributed by atoms with E-state index in [1.165, 1.54) is 12.1 Å². The predicted molar refractivity (Wildman–Crippen MR) is 71.2 cm³/mol. The third-order valence-corrected chi connectivity index (χ3v) is 3.54. The number of nitro benzene ring substituents is 1. The van der Waals surface area contributed by atoms with Crippen LogP contribution in [0.15, 0.2) is 18.2 Å². The lowest BCUT2D eigenvalue weighted by Gasteiger charge is -2.23. The summed E-state index contributed by atoms with van der Waals surface area (Å²) in [7, 11) is 1.77. The number of nitrogens with one attached hydrogen (secondary N) is 1. The molecule has 1 N–H and O–H groups in total. The summed E-state index contributed by atoms with van der Waals surface area (Å²) in [6.07, 6.45) is 0.939. The molecular formula is C13H17N3O3. The first-order chi connectivity index (χ1) is 9.00. The number of hydrogen-bond donors (Lipinski definition) is 1. The van der Waals surface area contributed by atoms with Crippen LogP contribution in [0.2, 0.25) is 0 Å². The fourth-order valence-corrected chi connectivity index (χ4v) is 2.33. The molecule has 1 aliphatic heterocycles. The zero-order chi connectivity index (χ0) is 14.0. The van der Waals surface area contributed by atoms with Crippen LogP contribution in [0, 0.1) is 17.0 Å². The van der Waals surface area contributed by atoms with E-state index in [9.17, 15) is 14.9 Å². The first kappa shape index (κ1) is 13.5. The Morgan fingerprint density at radius 1 is 1.53 bits per heavy atom. The molecule has 0 bridgehead atoms. The van der Waals surface area contributed by atoms with Gasteiger partial charge in [-0.05, 0) is 32.0 Å². The van der Waals surface area contributed by atoms with E-state index in [2.05, 4.69) is 5.32 Å². The Morgan fingerprint density at radius 2 is 2.26 bits per heavy atom. The minimum atomic E-state index is -0.436. The van der Waals surface area contributed by atoms with E-state index in [-0.39, 0.29) is 17.6 Å². The summed E-state index contributed by atoms with van der Waals surface area (Å²) in [5.74, 6) is -0.0910. The fourth-order valence-electron chi connectivity index (χ4n) is 2.33. The standard InChI is InChI=1S/C13H17N3O3/c1-9-7-10(3-4-12(9)16(18)19)13(17)15(2)11-5-6-14-8-11/h3-4,7,11,14H,5-6,8H2,1-2H3. The maximum Gasteiger partial charge on any atom is 0.272 e. The Balaban J connectivity index is 2.19. The molecule has 1 heterocycles. The molecule has 0 radical (unpaired) electrons. The molecular weight excluding hydrogens is 246 g/mol. The largest absolute Gasteiger partial charge is 0.337 e. The van der Waals surface area contributed by atoms with Crippen molar-refractivity contribution < 1.29 is 9.72 Å². The highest BCUT2D eigenvalue weighted by atomic mass is 16.6. The molecule has 1 aromatic rings. The van der Waals surface area contributed by atoms with Gasteiger partial charge in [-0.3, -0.25) is 14.9 Å². The van der Waals surface area contributed by atoms with Crippen molar-refractivity contribution in [3.63, 3.8) is 0 Å². The van der Waals surface area contributed by atoms with Gasteiger partial charge in [-0.1, -0.05) is 0 Å². The minimum absolute atomic E-state index is 0.0433. The lowest BCUT2D eigenvalue weighted by atomic mass is 10.1. The maximum absolute atomic E-state index is 12.3. The number of nitro groups is 1. The summed E-state index contributed by atoms with van der Waals surface area (Å²) in [5.41, 5.74) is 1.05. The molecule has 0 spiro atoms. The zero-order valence-corrected chi connectivity index (χ0v) is 11.0. The van der Waals surface area contributed by atoms with Crippen molar-refractivity contribution >= 4 is 11.6 Å². The monoisotopic (exact) mass is 263 g/mol. The van der Waals surface area contributed by atoms with Gasteiger partial charge in [0.05, 0.1) is 4.92 Å². The average Bonchev–Trinajstić information content (AvgIpc) is 2.90. The highest BCUT2D eigenvalue weighted by Crippen LogP contribution is 2.20. The van der Waals surface area contributed by atoms with Crippen LogP contribution >= 0.6 is 0 Å². The number of hydrogen-bond acceptors (Lipinski definition) is 4. The Morgan fingerprint density at radius 3 is 2.79 bits per heavy atom. The van der Waals surface area contributed by atoms with Crippen molar-refractivity contribution in [3.05, 3.63) is 39.4 Å². The summed E-state index contributed by atoms with van der Waals surface area (Å²) in [6, 6.07) is 4.69. The van der Waals surface area contributed by atoms with Crippen molar-refractivity contribution in [1.29, 1.82) is 0 Å². The quantitative estimate of drug-likeness (QED) is 0.659. The molecule has 1 aromatic carbocycles. The second-order valence-electron chi connectivity index (χ2n) is 4.82. The van der Waals surface area contributed by atoms with Crippen LogP contribution in [-0.4, -0.2) is 41.9 Å². The molecule has 0 saturated carbocycles. The van der Waals surface area contributed by atoms with E-state index in [0.29, 0.717) is 11.1 Å². The first-order valence-corrected chi connectivity index (χ1v) is 6.23. The van der Waals surface area contributed by atoms with Crippen LogP contribution in [0.4, 0.5) is 5.69 Å². The van der Waals surface area contributed by atoms with Gasteiger partial charge < -0.3 is 10.2 Å². The molecule has 19 heavy (non-hydrogen) atoms. The lowest BCUT2D eigenvalue weighted by Crippen LogP contribution is -2.38. The molecule has 1 fully saturated rings. The van der Waals surface area contributed by atoms with Gasteiger partial charge in [-0.25, -0.2) is 0 Å². The van der Waals surface area contributed by atoms with Crippen molar-refractivity contribution in [2.75, 3.05) is 20.1 Å². The number of amides is 1. The highest BCUT2D eigenvalue weighted by molar-refractivity contribution is 5.94. The number of carbonyl (C=O) groups is 1. The molecule has 1 aliphatic rings. The van der Waals surface area contributed by atoms with Crippen LogP contribution in [0.25, 0.3) is 0 Å². The molecule has 6 nitrogen and oxygen atoms in total. The predicted octanol–water partition coefficient (Wildman–Crippen LogP) is 1.34. The second kappa shape index (κ2) is 5.36. The number of rotatable bonds is 3. The van der Waals surface area contributed by atoms with E-state index in [4.69, 9.17) is 0 Å². The van der Waals surface area contributed by atoms with E-state index >= 15 is 0 Å². The summed E-state index contributed by atoms with van der Waals surface area (Å²) in [5, 5.41) is 14.0. The van der Waals surface area contributed by atoms with Crippen LogP contribution in [0.5, 0.6) is 0 Å². The number of nitrogens with zero attached hydrogens (tertiary/aromatic N) is 2. The van der Waals surface area contributed by atoms with Crippen LogP contribution < -0.4 is 5.32 Å². The van der Waals surface area contributed by atoms with Gasteiger partial charge >= 0.3 is 0 Å². The smallest absolute Gasteiger partial charge is 0.272 e. The van der Waals surface area contributed by atoms with Crippen molar-refractivity contribution in [2.24, 2.45) is 0 Å². The Bertz CT molecular complexity index is 510. The van der Waals surface area contributed by atoms with Gasteiger partial charge in [-0.15, -0.1) is 0 Å². The molecule has 1 atom stereocenters. The second-order valence-corrected chi connectivity index (χ2v) is 4.82. The number of likely N-dealkylation sites (N-methyl/N-ethyl adjacent to an activating group) is 1. The van der Waals surface area contributed by atoms with Gasteiger partial charge in [0, 0.05) is 36.8 Å². The topological polar surface area (TPSA) is 75.5 Å². The van der Waals surface area contributed by atoms with Crippen LogP contribution in [-0.2, 0) is 0 Å². The number of benzene rings is 1. The van der Waals surface area contributed by atoms with E-state index in [1.54, 1.807) is 24.9 Å². The molecule has 102 valence electrons. The Labute approximate surface area is 111 Å². The number of aryl methyl sites for hydroxylation is 1. The van der Waals surface area contributed by atoms with Gasteiger partial charge in [-0.2, -0.15) is 0 Å². The van der Waals surface area contributed by atoms with E-state index in [0.717, 1.165) is 19.5 Å². The van der Waals surface area contributed by atoms with Gasteiger partial charge in [0.2, 0.25) is 0 Å².